The zero-order valence-electron chi connectivity index (χ0n) is 11.6. The molecule has 0 aromatic carbocycles. The van der Waals surface area contributed by atoms with Gasteiger partial charge in [0, 0.05) is 11.4 Å². The van der Waals surface area contributed by atoms with E-state index < -0.39 is 0 Å². The Bertz CT molecular complexity index is 398. The number of amides is 1. The third-order valence-electron chi connectivity index (χ3n) is 3.12. The van der Waals surface area contributed by atoms with Gasteiger partial charge in [-0.15, -0.1) is 11.3 Å². The lowest BCUT2D eigenvalue weighted by molar-refractivity contribution is 0.0924. The van der Waals surface area contributed by atoms with E-state index in [-0.39, 0.29) is 17.9 Å². The lowest BCUT2D eigenvalue weighted by atomic mass is 10.0. The predicted molar refractivity (Wildman–Crippen MR) is 76.2 cm³/mol. The van der Waals surface area contributed by atoms with E-state index in [1.165, 1.54) is 21.8 Å². The van der Waals surface area contributed by atoms with E-state index in [1.807, 2.05) is 26.8 Å². The summed E-state index contributed by atoms with van der Waals surface area (Å²) in [6.07, 6.45) is 1.22. The minimum absolute atomic E-state index is 0.0289. The fraction of sp³-hybridized carbons (Fsp3) is 0.643. The summed E-state index contributed by atoms with van der Waals surface area (Å²) in [6.45, 7) is 8.61. The molecule has 1 unspecified atom stereocenters. The highest BCUT2D eigenvalue weighted by atomic mass is 32.1. The van der Waals surface area contributed by atoms with Crippen LogP contribution in [0.3, 0.4) is 0 Å². The normalized spacial score (nSPS) is 12.8. The summed E-state index contributed by atoms with van der Waals surface area (Å²) < 4.78 is 0. The summed E-state index contributed by atoms with van der Waals surface area (Å²) in [7, 11) is 0. The van der Waals surface area contributed by atoms with E-state index in [1.54, 1.807) is 0 Å². The summed E-state index contributed by atoms with van der Waals surface area (Å²) in [5, 5.41) is 12.5. The van der Waals surface area contributed by atoms with Crippen molar-refractivity contribution in [2.45, 2.75) is 46.6 Å². The molecular weight excluding hydrogens is 246 g/mol. The van der Waals surface area contributed by atoms with E-state index in [0.29, 0.717) is 13.0 Å². The van der Waals surface area contributed by atoms with Gasteiger partial charge in [0.1, 0.15) is 0 Å². The molecular formula is C14H23NO2S. The number of aliphatic hydroxyl groups excluding tert-OH is 1. The van der Waals surface area contributed by atoms with Crippen LogP contribution < -0.4 is 5.32 Å². The highest BCUT2D eigenvalue weighted by Crippen LogP contribution is 2.21. The van der Waals surface area contributed by atoms with Crippen LogP contribution in [0.25, 0.3) is 0 Å². The SMILES string of the molecule is CCc1cc(C(=O)NCCC(O)C(C)C)sc1C. The zero-order valence-corrected chi connectivity index (χ0v) is 12.4. The molecule has 4 heteroatoms. The monoisotopic (exact) mass is 269 g/mol. The van der Waals surface area contributed by atoms with Crippen LogP contribution in [0.1, 0.15) is 47.3 Å². The highest BCUT2D eigenvalue weighted by Gasteiger charge is 2.13. The van der Waals surface area contributed by atoms with Gasteiger partial charge in [0.05, 0.1) is 11.0 Å². The van der Waals surface area contributed by atoms with Crippen molar-refractivity contribution >= 4 is 17.2 Å². The van der Waals surface area contributed by atoms with E-state index in [9.17, 15) is 9.90 Å². The molecule has 0 spiro atoms. The average Bonchev–Trinajstić information content (AvgIpc) is 2.70. The zero-order chi connectivity index (χ0) is 13.7. The first-order valence-electron chi connectivity index (χ1n) is 6.51. The second-order valence-electron chi connectivity index (χ2n) is 4.90. The van der Waals surface area contributed by atoms with E-state index >= 15 is 0 Å². The number of thiophene rings is 1. The van der Waals surface area contributed by atoms with E-state index in [2.05, 4.69) is 12.2 Å². The Morgan fingerprint density at radius 3 is 2.67 bits per heavy atom. The maximum atomic E-state index is 11.9. The Morgan fingerprint density at radius 2 is 2.17 bits per heavy atom. The van der Waals surface area contributed by atoms with Gasteiger partial charge in [-0.2, -0.15) is 0 Å². The van der Waals surface area contributed by atoms with Crippen LogP contribution in [-0.2, 0) is 6.42 Å². The highest BCUT2D eigenvalue weighted by molar-refractivity contribution is 7.14. The minimum atomic E-state index is -0.346. The maximum absolute atomic E-state index is 11.9. The lowest BCUT2D eigenvalue weighted by Crippen LogP contribution is -2.28. The van der Waals surface area contributed by atoms with Gasteiger partial charge < -0.3 is 10.4 Å². The van der Waals surface area contributed by atoms with Crippen LogP contribution in [-0.4, -0.2) is 23.7 Å². The Kier molecular flexibility index (Phi) is 5.82. The molecule has 1 amide bonds. The first-order chi connectivity index (χ1) is 8.45. The number of aliphatic hydroxyl groups is 1. The van der Waals surface area contributed by atoms with Gasteiger partial charge >= 0.3 is 0 Å². The van der Waals surface area contributed by atoms with Crippen molar-refractivity contribution in [3.63, 3.8) is 0 Å². The second-order valence-corrected chi connectivity index (χ2v) is 6.16. The van der Waals surface area contributed by atoms with Gasteiger partial charge in [-0.1, -0.05) is 20.8 Å². The first-order valence-corrected chi connectivity index (χ1v) is 7.32. The minimum Gasteiger partial charge on any atom is -0.393 e. The summed E-state index contributed by atoms with van der Waals surface area (Å²) in [4.78, 5) is 13.9. The van der Waals surface area contributed by atoms with E-state index in [4.69, 9.17) is 0 Å². The van der Waals surface area contributed by atoms with Crippen LogP contribution in [0.4, 0.5) is 0 Å². The molecule has 0 bridgehead atoms. The third-order valence-corrected chi connectivity index (χ3v) is 4.21. The Morgan fingerprint density at radius 1 is 1.50 bits per heavy atom. The fourth-order valence-corrected chi connectivity index (χ4v) is 2.77. The van der Waals surface area contributed by atoms with Gasteiger partial charge in [-0.05, 0) is 37.3 Å². The van der Waals surface area contributed by atoms with Crippen molar-refractivity contribution < 1.29 is 9.90 Å². The number of carbonyl (C=O) groups excluding carboxylic acids is 1. The van der Waals surface area contributed by atoms with Crippen molar-refractivity contribution in [1.29, 1.82) is 0 Å². The summed E-state index contributed by atoms with van der Waals surface area (Å²) in [5.74, 6) is 0.205. The molecule has 0 aliphatic heterocycles. The number of rotatable bonds is 6. The summed E-state index contributed by atoms with van der Waals surface area (Å²) in [6, 6.07) is 1.97. The first kappa shape index (κ1) is 15.2. The predicted octanol–water partition coefficient (Wildman–Crippen LogP) is 2.76. The van der Waals surface area contributed by atoms with Gasteiger partial charge in [0.25, 0.3) is 5.91 Å². The smallest absolute Gasteiger partial charge is 0.261 e. The quantitative estimate of drug-likeness (QED) is 0.834. The van der Waals surface area contributed by atoms with Crippen molar-refractivity contribution in [2.24, 2.45) is 5.92 Å². The van der Waals surface area contributed by atoms with Crippen molar-refractivity contribution in [3.8, 4) is 0 Å². The van der Waals surface area contributed by atoms with Crippen molar-refractivity contribution in [3.05, 3.63) is 21.4 Å². The molecule has 0 saturated carbocycles. The number of aryl methyl sites for hydroxylation is 2. The molecule has 0 saturated heterocycles. The molecule has 0 aliphatic carbocycles. The fourth-order valence-electron chi connectivity index (χ4n) is 1.74. The molecule has 102 valence electrons. The number of carbonyl (C=O) groups is 1. The average molecular weight is 269 g/mol. The third kappa shape index (κ3) is 4.10. The molecule has 0 fully saturated rings. The molecule has 3 nitrogen and oxygen atoms in total. The molecule has 2 N–H and O–H groups in total. The molecule has 1 rings (SSSR count). The molecule has 0 aliphatic rings. The Balaban J connectivity index is 2.45. The number of nitrogens with one attached hydrogen (secondary N) is 1. The second kappa shape index (κ2) is 6.90. The van der Waals surface area contributed by atoms with Crippen LogP contribution in [0.2, 0.25) is 0 Å². The van der Waals surface area contributed by atoms with Crippen LogP contribution in [0.15, 0.2) is 6.07 Å². The number of hydrogen-bond acceptors (Lipinski definition) is 3. The Hall–Kier alpha value is -0.870. The molecule has 0 radical (unpaired) electrons. The van der Waals surface area contributed by atoms with Crippen molar-refractivity contribution in [2.75, 3.05) is 6.54 Å². The van der Waals surface area contributed by atoms with Crippen LogP contribution in [0, 0.1) is 12.8 Å². The van der Waals surface area contributed by atoms with Gasteiger partial charge in [-0.25, -0.2) is 0 Å². The topological polar surface area (TPSA) is 49.3 Å². The van der Waals surface area contributed by atoms with Crippen LogP contribution in [0.5, 0.6) is 0 Å². The largest absolute Gasteiger partial charge is 0.393 e. The van der Waals surface area contributed by atoms with Gasteiger partial charge in [0.15, 0.2) is 0 Å². The van der Waals surface area contributed by atoms with Crippen LogP contribution >= 0.6 is 11.3 Å². The summed E-state index contributed by atoms with van der Waals surface area (Å²) >= 11 is 1.54. The molecule has 1 atom stereocenters. The molecule has 18 heavy (non-hydrogen) atoms. The van der Waals surface area contributed by atoms with E-state index in [0.717, 1.165) is 11.3 Å². The standard InChI is InChI=1S/C14H23NO2S/c1-5-11-8-13(18-10(11)4)14(17)15-7-6-12(16)9(2)3/h8-9,12,16H,5-7H2,1-4H3,(H,15,17). The number of hydrogen-bond donors (Lipinski definition) is 2. The summed E-state index contributed by atoms with van der Waals surface area (Å²) in [5.41, 5.74) is 1.24. The van der Waals surface area contributed by atoms with Crippen molar-refractivity contribution in [1.82, 2.24) is 5.32 Å². The molecule has 1 aromatic rings. The Labute approximate surface area is 113 Å². The maximum Gasteiger partial charge on any atom is 0.261 e. The lowest BCUT2D eigenvalue weighted by Gasteiger charge is -2.14. The molecule has 1 aromatic heterocycles. The van der Waals surface area contributed by atoms with Gasteiger partial charge in [-0.3, -0.25) is 4.79 Å². The van der Waals surface area contributed by atoms with Gasteiger partial charge in [0.2, 0.25) is 0 Å². The molecule has 1 heterocycles.